The molecular weight excluding hydrogens is 374 g/mol. The fourth-order valence-electron chi connectivity index (χ4n) is 4.33. The van der Waals surface area contributed by atoms with Gasteiger partial charge in [0.25, 0.3) is 0 Å². The van der Waals surface area contributed by atoms with E-state index >= 15 is 0 Å². The Morgan fingerprint density at radius 2 is 1.83 bits per heavy atom. The molecule has 3 heterocycles. The van der Waals surface area contributed by atoms with Crippen LogP contribution in [0, 0.1) is 0 Å². The SMILES string of the molecule is CC(=O)c1cnc2ccc(-c3ccncc3)nc2c1NC1(C)CCC(N(C)C)CC1. The molecule has 1 fully saturated rings. The van der Waals surface area contributed by atoms with E-state index < -0.39 is 0 Å². The van der Waals surface area contributed by atoms with Crippen molar-refractivity contribution in [3.8, 4) is 11.3 Å². The van der Waals surface area contributed by atoms with Gasteiger partial charge in [-0.05, 0) is 77.9 Å². The zero-order valence-electron chi connectivity index (χ0n) is 18.1. The first-order chi connectivity index (χ1) is 14.4. The Labute approximate surface area is 177 Å². The summed E-state index contributed by atoms with van der Waals surface area (Å²) < 4.78 is 0. The van der Waals surface area contributed by atoms with Gasteiger partial charge in [-0.2, -0.15) is 0 Å². The normalized spacial score (nSPS) is 21.7. The van der Waals surface area contributed by atoms with Gasteiger partial charge in [0, 0.05) is 35.7 Å². The molecule has 0 bridgehead atoms. The minimum atomic E-state index is -0.0840. The second-order valence-corrected chi connectivity index (χ2v) is 8.78. The first-order valence-electron chi connectivity index (χ1n) is 10.5. The van der Waals surface area contributed by atoms with Gasteiger partial charge in [0.1, 0.15) is 5.52 Å². The molecule has 0 atom stereocenters. The van der Waals surface area contributed by atoms with Gasteiger partial charge >= 0.3 is 0 Å². The maximum absolute atomic E-state index is 12.4. The number of aromatic nitrogens is 3. The molecule has 4 rings (SSSR count). The van der Waals surface area contributed by atoms with Gasteiger partial charge in [-0.15, -0.1) is 0 Å². The first-order valence-corrected chi connectivity index (χ1v) is 10.5. The topological polar surface area (TPSA) is 71.0 Å². The van der Waals surface area contributed by atoms with E-state index in [9.17, 15) is 4.79 Å². The smallest absolute Gasteiger partial charge is 0.163 e. The van der Waals surface area contributed by atoms with Gasteiger partial charge in [0.2, 0.25) is 0 Å². The molecule has 0 aromatic carbocycles. The third kappa shape index (κ3) is 4.05. The summed E-state index contributed by atoms with van der Waals surface area (Å²) in [5.74, 6) is -0.00593. The van der Waals surface area contributed by atoms with E-state index in [0.29, 0.717) is 11.6 Å². The number of anilines is 1. The maximum Gasteiger partial charge on any atom is 0.163 e. The van der Waals surface area contributed by atoms with E-state index in [1.54, 1.807) is 25.5 Å². The second kappa shape index (κ2) is 8.11. The molecule has 1 aliphatic carbocycles. The Hall–Kier alpha value is -2.86. The van der Waals surface area contributed by atoms with Crippen LogP contribution in [0.1, 0.15) is 49.9 Å². The lowest BCUT2D eigenvalue weighted by atomic mass is 9.80. The molecule has 1 aliphatic rings. The minimum absolute atomic E-state index is 0.00593. The van der Waals surface area contributed by atoms with E-state index in [-0.39, 0.29) is 11.3 Å². The minimum Gasteiger partial charge on any atom is -0.377 e. The Balaban J connectivity index is 1.76. The van der Waals surface area contributed by atoms with E-state index in [4.69, 9.17) is 4.98 Å². The molecule has 6 nitrogen and oxygen atoms in total. The van der Waals surface area contributed by atoms with Crippen LogP contribution in [0.4, 0.5) is 5.69 Å². The van der Waals surface area contributed by atoms with Crippen molar-refractivity contribution < 1.29 is 4.79 Å². The van der Waals surface area contributed by atoms with Crippen molar-refractivity contribution in [1.29, 1.82) is 0 Å². The summed E-state index contributed by atoms with van der Waals surface area (Å²) in [5.41, 5.74) is 4.67. The molecule has 0 amide bonds. The highest BCUT2D eigenvalue weighted by Gasteiger charge is 2.33. The van der Waals surface area contributed by atoms with Crippen molar-refractivity contribution in [2.45, 2.75) is 51.1 Å². The summed E-state index contributed by atoms with van der Waals surface area (Å²) in [6.07, 6.45) is 9.54. The zero-order valence-corrected chi connectivity index (χ0v) is 18.1. The van der Waals surface area contributed by atoms with Crippen LogP contribution < -0.4 is 5.32 Å². The van der Waals surface area contributed by atoms with Gasteiger partial charge in [0.05, 0.1) is 22.5 Å². The van der Waals surface area contributed by atoms with Crippen LogP contribution in [-0.4, -0.2) is 51.3 Å². The molecule has 1 saturated carbocycles. The number of rotatable bonds is 5. The summed E-state index contributed by atoms with van der Waals surface area (Å²) in [5, 5.41) is 3.73. The number of pyridine rings is 3. The van der Waals surface area contributed by atoms with Crippen molar-refractivity contribution in [3.05, 3.63) is 48.4 Å². The van der Waals surface area contributed by atoms with Gasteiger partial charge in [-0.1, -0.05) is 0 Å². The van der Waals surface area contributed by atoms with E-state index in [1.807, 2.05) is 24.3 Å². The van der Waals surface area contributed by atoms with Crippen molar-refractivity contribution in [1.82, 2.24) is 19.9 Å². The molecule has 30 heavy (non-hydrogen) atoms. The van der Waals surface area contributed by atoms with E-state index in [0.717, 1.165) is 53.7 Å². The molecular formula is C24H29N5O. The molecule has 0 unspecified atom stereocenters. The predicted octanol–water partition coefficient (Wildman–Crippen LogP) is 4.57. The molecule has 0 radical (unpaired) electrons. The van der Waals surface area contributed by atoms with Crippen molar-refractivity contribution in [2.24, 2.45) is 0 Å². The zero-order chi connectivity index (χ0) is 21.3. The van der Waals surface area contributed by atoms with Crippen molar-refractivity contribution in [2.75, 3.05) is 19.4 Å². The van der Waals surface area contributed by atoms with Gasteiger partial charge in [0.15, 0.2) is 5.78 Å². The summed E-state index contributed by atoms with van der Waals surface area (Å²) in [4.78, 5) is 28.3. The Bertz CT molecular complexity index is 1060. The molecule has 3 aromatic heterocycles. The summed E-state index contributed by atoms with van der Waals surface area (Å²) >= 11 is 0. The third-order valence-corrected chi connectivity index (χ3v) is 6.28. The van der Waals surface area contributed by atoms with Crippen LogP contribution in [0.3, 0.4) is 0 Å². The van der Waals surface area contributed by atoms with Crippen LogP contribution in [0.15, 0.2) is 42.9 Å². The number of carbonyl (C=O) groups is 1. The Morgan fingerprint density at radius 1 is 1.13 bits per heavy atom. The molecule has 156 valence electrons. The van der Waals surface area contributed by atoms with Crippen molar-refractivity contribution in [3.63, 3.8) is 0 Å². The lowest BCUT2D eigenvalue weighted by molar-refractivity contribution is 0.101. The average molecular weight is 404 g/mol. The lowest BCUT2D eigenvalue weighted by Crippen LogP contribution is -2.44. The highest BCUT2D eigenvalue weighted by molar-refractivity contribution is 6.06. The summed E-state index contributed by atoms with van der Waals surface area (Å²) in [6, 6.07) is 8.42. The molecule has 0 aliphatic heterocycles. The first kappa shape index (κ1) is 20.4. The predicted molar refractivity (Wildman–Crippen MR) is 121 cm³/mol. The van der Waals surface area contributed by atoms with Gasteiger partial charge in [-0.3, -0.25) is 14.8 Å². The number of carbonyl (C=O) groups excluding carboxylic acids is 1. The maximum atomic E-state index is 12.4. The Kier molecular flexibility index (Phi) is 5.52. The number of hydrogen-bond donors (Lipinski definition) is 1. The molecule has 1 N–H and O–H groups in total. The van der Waals surface area contributed by atoms with Crippen LogP contribution in [-0.2, 0) is 0 Å². The fraction of sp³-hybridized carbons (Fsp3) is 0.417. The molecule has 0 saturated heterocycles. The van der Waals surface area contributed by atoms with Gasteiger partial charge in [-0.25, -0.2) is 4.98 Å². The third-order valence-electron chi connectivity index (χ3n) is 6.28. The number of Topliss-reactive ketones (excluding diaryl/α,β-unsaturated/α-hetero) is 1. The largest absolute Gasteiger partial charge is 0.377 e. The molecule has 6 heteroatoms. The van der Waals surface area contributed by atoms with Crippen LogP contribution in [0.25, 0.3) is 22.3 Å². The number of fused-ring (bicyclic) bond motifs is 1. The summed E-state index contributed by atoms with van der Waals surface area (Å²) in [7, 11) is 4.30. The number of hydrogen-bond acceptors (Lipinski definition) is 6. The number of nitrogens with one attached hydrogen (secondary N) is 1. The van der Waals surface area contributed by atoms with Crippen LogP contribution in [0.5, 0.6) is 0 Å². The standard InChI is InChI=1S/C24H29N5O/c1-16(30)19-15-26-21-6-5-20(17-9-13-25-14-10-17)27-23(21)22(19)28-24(2)11-7-18(8-12-24)29(3)4/h5-6,9-10,13-15,18H,7-8,11-12H2,1-4H3,(H,26,28). The molecule has 0 spiro atoms. The highest BCUT2D eigenvalue weighted by atomic mass is 16.1. The monoisotopic (exact) mass is 403 g/mol. The van der Waals surface area contributed by atoms with Crippen LogP contribution >= 0.6 is 0 Å². The summed E-state index contributed by atoms with van der Waals surface area (Å²) in [6.45, 7) is 3.84. The van der Waals surface area contributed by atoms with E-state index in [1.165, 1.54) is 0 Å². The van der Waals surface area contributed by atoms with Crippen molar-refractivity contribution >= 4 is 22.5 Å². The average Bonchev–Trinajstić information content (AvgIpc) is 2.74. The van der Waals surface area contributed by atoms with Crippen LogP contribution in [0.2, 0.25) is 0 Å². The Morgan fingerprint density at radius 3 is 2.47 bits per heavy atom. The quantitative estimate of drug-likeness (QED) is 0.629. The van der Waals surface area contributed by atoms with Gasteiger partial charge < -0.3 is 10.2 Å². The lowest BCUT2D eigenvalue weighted by Gasteiger charge is -2.41. The second-order valence-electron chi connectivity index (χ2n) is 8.78. The highest BCUT2D eigenvalue weighted by Crippen LogP contribution is 2.36. The number of nitrogens with zero attached hydrogens (tertiary/aromatic N) is 4. The van der Waals surface area contributed by atoms with E-state index in [2.05, 4.69) is 41.2 Å². The number of ketones is 1. The molecule has 3 aromatic rings. The fourth-order valence-corrected chi connectivity index (χ4v) is 4.33.